The van der Waals surface area contributed by atoms with Crippen molar-refractivity contribution in [2.45, 2.75) is 38.9 Å². The first-order chi connectivity index (χ1) is 14.5. The molecule has 0 radical (unpaired) electrons. The molecule has 166 valence electrons. The Morgan fingerprint density at radius 2 is 1.58 bits per heavy atom. The second-order valence-corrected chi connectivity index (χ2v) is 7.22. The maximum Gasteiger partial charge on any atom is 0.416 e. The summed E-state index contributed by atoms with van der Waals surface area (Å²) in [5.41, 5.74) is -3.12. The summed E-state index contributed by atoms with van der Waals surface area (Å²) in [6.07, 6.45) is -4.04. The standard InChI is InChI=1S/C18H19F3N6O4/c1-10-7-16(23-11(2)22-10)25-5-3-13(4-6-25)24-17-14(26(28)29)8-12(18(19,20)21)9-15(17)27(30)31/h7-9,13,24H,3-6H2,1-2H3. The lowest BCUT2D eigenvalue weighted by molar-refractivity contribution is -0.392. The third-order valence-electron chi connectivity index (χ3n) is 4.94. The number of aromatic nitrogens is 2. The molecule has 31 heavy (non-hydrogen) atoms. The summed E-state index contributed by atoms with van der Waals surface area (Å²) in [5, 5.41) is 25.5. The second-order valence-electron chi connectivity index (χ2n) is 7.22. The minimum atomic E-state index is -4.95. The zero-order valence-electron chi connectivity index (χ0n) is 16.6. The minimum absolute atomic E-state index is 0.316. The SMILES string of the molecule is Cc1cc(N2CCC(Nc3c([N+](=O)[O-])cc(C(F)(F)F)cc3[N+](=O)[O-])CC2)nc(C)n1. The largest absolute Gasteiger partial charge is 0.416 e. The molecule has 0 spiro atoms. The zero-order valence-corrected chi connectivity index (χ0v) is 16.6. The summed E-state index contributed by atoms with van der Waals surface area (Å²) < 4.78 is 39.1. The Labute approximate surface area is 174 Å². The van der Waals surface area contributed by atoms with Crippen molar-refractivity contribution in [1.82, 2.24) is 9.97 Å². The number of hydrogen-bond donors (Lipinski definition) is 1. The van der Waals surface area contributed by atoms with E-state index in [4.69, 9.17) is 0 Å². The van der Waals surface area contributed by atoms with Crippen molar-refractivity contribution in [3.8, 4) is 0 Å². The Morgan fingerprint density at radius 1 is 1.03 bits per heavy atom. The average Bonchev–Trinajstić information content (AvgIpc) is 2.66. The highest BCUT2D eigenvalue weighted by Gasteiger charge is 2.38. The van der Waals surface area contributed by atoms with Crippen molar-refractivity contribution in [1.29, 1.82) is 0 Å². The highest BCUT2D eigenvalue weighted by atomic mass is 19.4. The van der Waals surface area contributed by atoms with E-state index in [9.17, 15) is 33.4 Å². The van der Waals surface area contributed by atoms with Crippen LogP contribution in [0.25, 0.3) is 0 Å². The van der Waals surface area contributed by atoms with Crippen LogP contribution >= 0.6 is 0 Å². The lowest BCUT2D eigenvalue weighted by Gasteiger charge is -2.33. The second kappa shape index (κ2) is 8.32. The molecule has 2 aromatic rings. The van der Waals surface area contributed by atoms with Gasteiger partial charge in [-0.15, -0.1) is 0 Å². The van der Waals surface area contributed by atoms with Crippen molar-refractivity contribution < 1.29 is 23.0 Å². The van der Waals surface area contributed by atoms with Gasteiger partial charge in [0, 0.05) is 43.0 Å². The number of aryl methyl sites for hydroxylation is 2. The van der Waals surface area contributed by atoms with E-state index >= 15 is 0 Å². The third kappa shape index (κ3) is 4.98. The number of piperidine rings is 1. The van der Waals surface area contributed by atoms with Gasteiger partial charge in [-0.1, -0.05) is 0 Å². The molecule has 10 nitrogen and oxygen atoms in total. The van der Waals surface area contributed by atoms with E-state index < -0.39 is 44.7 Å². The van der Waals surface area contributed by atoms with Crippen LogP contribution < -0.4 is 10.2 Å². The van der Waals surface area contributed by atoms with Crippen molar-refractivity contribution in [2.75, 3.05) is 23.3 Å². The summed E-state index contributed by atoms with van der Waals surface area (Å²) in [6, 6.07) is 2.06. The number of halogens is 3. The molecule has 1 saturated heterocycles. The summed E-state index contributed by atoms with van der Waals surface area (Å²) in [6.45, 7) is 4.63. The molecule has 0 amide bonds. The number of nitrogens with zero attached hydrogens (tertiary/aromatic N) is 5. The van der Waals surface area contributed by atoms with Gasteiger partial charge in [0.2, 0.25) is 0 Å². The Hall–Kier alpha value is -3.51. The smallest absolute Gasteiger partial charge is 0.371 e. The van der Waals surface area contributed by atoms with Crippen LogP contribution in [0.4, 0.5) is 36.1 Å². The van der Waals surface area contributed by atoms with Crippen LogP contribution in [-0.4, -0.2) is 38.9 Å². The van der Waals surface area contributed by atoms with Gasteiger partial charge in [-0.05, 0) is 26.7 Å². The number of nitro groups is 2. The molecule has 1 aromatic carbocycles. The fourth-order valence-corrected chi connectivity index (χ4v) is 3.53. The zero-order chi connectivity index (χ0) is 22.9. The van der Waals surface area contributed by atoms with Gasteiger partial charge < -0.3 is 10.2 Å². The predicted octanol–water partition coefficient (Wildman–Crippen LogP) is 4.01. The van der Waals surface area contributed by atoms with Crippen LogP contribution in [0.15, 0.2) is 18.2 Å². The summed E-state index contributed by atoms with van der Waals surface area (Å²) in [4.78, 5) is 31.2. The highest BCUT2D eigenvalue weighted by molar-refractivity contribution is 5.75. The molecule has 3 rings (SSSR count). The molecule has 1 fully saturated rings. The van der Waals surface area contributed by atoms with Gasteiger partial charge in [-0.2, -0.15) is 13.2 Å². The summed E-state index contributed by atoms with van der Waals surface area (Å²) >= 11 is 0. The number of rotatable bonds is 5. The van der Waals surface area contributed by atoms with Crippen LogP contribution in [0.5, 0.6) is 0 Å². The van der Waals surface area contributed by atoms with Crippen molar-refractivity contribution in [2.24, 2.45) is 0 Å². The minimum Gasteiger partial charge on any atom is -0.371 e. The van der Waals surface area contributed by atoms with Crippen LogP contribution in [0.1, 0.15) is 29.9 Å². The Balaban J connectivity index is 1.84. The van der Waals surface area contributed by atoms with Gasteiger partial charge in [0.05, 0.1) is 15.4 Å². The first-order valence-electron chi connectivity index (χ1n) is 9.33. The van der Waals surface area contributed by atoms with Crippen LogP contribution in [-0.2, 0) is 6.18 Å². The van der Waals surface area contributed by atoms with Crippen LogP contribution in [0, 0.1) is 34.1 Å². The molecule has 0 atom stereocenters. The van der Waals surface area contributed by atoms with E-state index in [1.165, 1.54) is 0 Å². The maximum atomic E-state index is 13.0. The molecule has 0 aliphatic carbocycles. The maximum absolute atomic E-state index is 13.0. The number of nitrogens with one attached hydrogen (secondary N) is 1. The number of alkyl halides is 3. The molecule has 1 aliphatic rings. The number of anilines is 2. The Morgan fingerprint density at radius 3 is 2.03 bits per heavy atom. The molecule has 0 bridgehead atoms. The number of hydrogen-bond acceptors (Lipinski definition) is 8. The lowest BCUT2D eigenvalue weighted by Crippen LogP contribution is -2.39. The Bertz CT molecular complexity index is 967. The predicted molar refractivity (Wildman–Crippen MR) is 105 cm³/mol. The topological polar surface area (TPSA) is 127 Å². The fraction of sp³-hybridized carbons (Fsp3) is 0.444. The molecule has 2 heterocycles. The van der Waals surface area contributed by atoms with Crippen LogP contribution in [0.3, 0.4) is 0 Å². The molecule has 1 N–H and O–H groups in total. The van der Waals surface area contributed by atoms with E-state index in [1.807, 2.05) is 17.9 Å². The number of nitro benzene ring substituents is 2. The molecular formula is C18H19F3N6O4. The monoisotopic (exact) mass is 440 g/mol. The average molecular weight is 440 g/mol. The van der Waals surface area contributed by atoms with Crippen molar-refractivity contribution in [3.63, 3.8) is 0 Å². The van der Waals surface area contributed by atoms with Gasteiger partial charge in [0.1, 0.15) is 11.6 Å². The molecule has 0 unspecified atom stereocenters. The Kier molecular flexibility index (Phi) is 5.95. The highest BCUT2D eigenvalue weighted by Crippen LogP contribution is 2.42. The molecular weight excluding hydrogens is 421 g/mol. The normalized spacial score (nSPS) is 15.1. The van der Waals surface area contributed by atoms with Crippen molar-refractivity contribution >= 4 is 22.9 Å². The third-order valence-corrected chi connectivity index (χ3v) is 4.94. The van der Waals surface area contributed by atoms with E-state index in [0.29, 0.717) is 43.9 Å². The summed E-state index contributed by atoms with van der Waals surface area (Å²) in [5.74, 6) is 1.35. The molecule has 1 aliphatic heterocycles. The quantitative estimate of drug-likeness (QED) is 0.546. The van der Waals surface area contributed by atoms with Gasteiger partial charge >= 0.3 is 6.18 Å². The van der Waals surface area contributed by atoms with E-state index in [1.54, 1.807) is 6.92 Å². The first-order valence-corrected chi connectivity index (χ1v) is 9.33. The van der Waals surface area contributed by atoms with Gasteiger partial charge in [-0.3, -0.25) is 20.2 Å². The van der Waals surface area contributed by atoms with Gasteiger partial charge in [0.25, 0.3) is 11.4 Å². The van der Waals surface area contributed by atoms with Crippen molar-refractivity contribution in [3.05, 3.63) is 55.5 Å². The first kappa shape index (κ1) is 22.2. The van der Waals surface area contributed by atoms with Gasteiger partial charge in [-0.25, -0.2) is 9.97 Å². The van der Waals surface area contributed by atoms with E-state index in [0.717, 1.165) is 11.5 Å². The molecule has 1 aromatic heterocycles. The number of benzene rings is 1. The summed E-state index contributed by atoms with van der Waals surface area (Å²) in [7, 11) is 0. The van der Waals surface area contributed by atoms with E-state index in [-0.39, 0.29) is 0 Å². The van der Waals surface area contributed by atoms with E-state index in [2.05, 4.69) is 15.3 Å². The fourth-order valence-electron chi connectivity index (χ4n) is 3.53. The lowest BCUT2D eigenvalue weighted by atomic mass is 10.0. The van der Waals surface area contributed by atoms with Gasteiger partial charge in [0.15, 0.2) is 5.69 Å². The molecule has 0 saturated carbocycles. The molecule has 13 heteroatoms. The van der Waals surface area contributed by atoms with Crippen LogP contribution in [0.2, 0.25) is 0 Å².